The first-order valence-electron chi connectivity index (χ1n) is 7.86. The number of rotatable bonds is 3. The Balaban J connectivity index is 2.35. The van der Waals surface area contributed by atoms with Crippen molar-refractivity contribution in [2.45, 2.75) is 0 Å². The van der Waals surface area contributed by atoms with Crippen LogP contribution < -0.4 is 11.2 Å². The van der Waals surface area contributed by atoms with Crippen molar-refractivity contribution in [2.24, 2.45) is 14.1 Å². The van der Waals surface area contributed by atoms with E-state index in [1.54, 1.807) is 6.08 Å². The number of carbonyl (C=O) groups is 1. The number of aryl methyl sites for hydroxylation is 1. The standard InChI is InChI=1S/C19H17N3O4/c1-21-16-15(17(23)22(2)19(21)25)13(11-14(20-16)18(24)26-3)10-9-12-7-5-4-6-8-12/h4-11H,1-3H3. The molecule has 1 aromatic carbocycles. The van der Waals surface area contributed by atoms with Gasteiger partial charge in [0, 0.05) is 14.1 Å². The Morgan fingerprint density at radius 1 is 1.08 bits per heavy atom. The third-order valence-corrected chi connectivity index (χ3v) is 4.09. The Kier molecular flexibility index (Phi) is 4.53. The topological polar surface area (TPSA) is 83.2 Å². The maximum Gasteiger partial charge on any atom is 0.356 e. The number of methoxy groups -OCH3 is 1. The van der Waals surface area contributed by atoms with Gasteiger partial charge in [0.15, 0.2) is 11.3 Å². The largest absolute Gasteiger partial charge is 0.464 e. The van der Waals surface area contributed by atoms with Gasteiger partial charge in [-0.05, 0) is 17.2 Å². The molecular formula is C19H17N3O4. The van der Waals surface area contributed by atoms with Gasteiger partial charge in [-0.15, -0.1) is 0 Å². The van der Waals surface area contributed by atoms with Crippen LogP contribution in [0.4, 0.5) is 0 Å². The second kappa shape index (κ2) is 6.79. The highest BCUT2D eigenvalue weighted by molar-refractivity contribution is 5.95. The third-order valence-electron chi connectivity index (χ3n) is 4.09. The molecule has 3 aromatic rings. The van der Waals surface area contributed by atoms with Gasteiger partial charge in [-0.1, -0.05) is 42.5 Å². The minimum Gasteiger partial charge on any atom is -0.464 e. The monoisotopic (exact) mass is 351 g/mol. The van der Waals surface area contributed by atoms with Crippen LogP contribution in [0.1, 0.15) is 21.6 Å². The Hall–Kier alpha value is -3.48. The number of ether oxygens (including phenoxy) is 1. The summed E-state index contributed by atoms with van der Waals surface area (Å²) in [5, 5.41) is 0.259. The number of carbonyl (C=O) groups excluding carboxylic acids is 1. The highest BCUT2D eigenvalue weighted by atomic mass is 16.5. The number of fused-ring (bicyclic) bond motifs is 1. The fraction of sp³-hybridized carbons (Fsp3) is 0.158. The molecule has 132 valence electrons. The molecule has 0 amide bonds. The summed E-state index contributed by atoms with van der Waals surface area (Å²) in [6.07, 6.45) is 3.54. The maximum atomic E-state index is 12.6. The molecule has 0 fully saturated rings. The molecule has 0 radical (unpaired) electrons. The smallest absolute Gasteiger partial charge is 0.356 e. The molecule has 2 aromatic heterocycles. The SMILES string of the molecule is COC(=O)c1cc(C=Cc2ccccc2)c2c(=O)n(C)c(=O)n(C)c2n1. The molecule has 0 bridgehead atoms. The predicted molar refractivity (Wildman–Crippen MR) is 98.9 cm³/mol. The van der Waals surface area contributed by atoms with Crippen molar-refractivity contribution in [3.05, 3.63) is 74.1 Å². The van der Waals surface area contributed by atoms with E-state index >= 15 is 0 Å². The minimum absolute atomic E-state index is 0.0240. The summed E-state index contributed by atoms with van der Waals surface area (Å²) >= 11 is 0. The normalized spacial score (nSPS) is 11.2. The maximum absolute atomic E-state index is 12.6. The van der Waals surface area contributed by atoms with Gasteiger partial charge in [0.1, 0.15) is 0 Å². The second-order valence-electron chi connectivity index (χ2n) is 5.74. The van der Waals surface area contributed by atoms with Crippen LogP contribution in [0, 0.1) is 0 Å². The molecular weight excluding hydrogens is 334 g/mol. The van der Waals surface area contributed by atoms with Gasteiger partial charge < -0.3 is 4.74 Å². The van der Waals surface area contributed by atoms with Crippen LogP contribution in [0.15, 0.2) is 46.0 Å². The van der Waals surface area contributed by atoms with E-state index in [0.717, 1.165) is 10.1 Å². The highest BCUT2D eigenvalue weighted by Crippen LogP contribution is 2.17. The number of aromatic nitrogens is 3. The van der Waals surface area contributed by atoms with Crippen molar-refractivity contribution in [2.75, 3.05) is 7.11 Å². The second-order valence-corrected chi connectivity index (χ2v) is 5.74. The lowest BCUT2D eigenvalue weighted by molar-refractivity contribution is 0.0594. The van der Waals surface area contributed by atoms with E-state index in [2.05, 4.69) is 4.98 Å². The molecule has 0 aliphatic carbocycles. The van der Waals surface area contributed by atoms with E-state index in [1.807, 2.05) is 36.4 Å². The van der Waals surface area contributed by atoms with E-state index in [1.165, 1.54) is 31.8 Å². The molecule has 3 rings (SSSR count). The summed E-state index contributed by atoms with van der Waals surface area (Å²) in [5.41, 5.74) is 0.577. The van der Waals surface area contributed by atoms with E-state index in [9.17, 15) is 14.4 Å². The van der Waals surface area contributed by atoms with Crippen LogP contribution in [0.3, 0.4) is 0 Å². The van der Waals surface area contributed by atoms with Crippen LogP contribution in [0.2, 0.25) is 0 Å². The van der Waals surface area contributed by atoms with Gasteiger partial charge in [-0.2, -0.15) is 0 Å². The number of hydrogen-bond donors (Lipinski definition) is 0. The van der Waals surface area contributed by atoms with E-state index in [-0.39, 0.29) is 16.7 Å². The molecule has 0 atom stereocenters. The van der Waals surface area contributed by atoms with Gasteiger partial charge in [0.05, 0.1) is 12.5 Å². The molecule has 7 nitrogen and oxygen atoms in total. The average Bonchev–Trinajstić information content (AvgIpc) is 2.68. The first-order valence-corrected chi connectivity index (χ1v) is 7.86. The molecule has 0 aliphatic rings. The van der Waals surface area contributed by atoms with Crippen molar-refractivity contribution in [3.8, 4) is 0 Å². The molecule has 7 heteroatoms. The van der Waals surface area contributed by atoms with Crippen LogP contribution in [0.5, 0.6) is 0 Å². The van der Waals surface area contributed by atoms with Crippen LogP contribution in [0.25, 0.3) is 23.2 Å². The third kappa shape index (κ3) is 2.95. The number of nitrogens with zero attached hydrogens (tertiary/aromatic N) is 3. The zero-order valence-corrected chi connectivity index (χ0v) is 14.6. The van der Waals surface area contributed by atoms with Gasteiger partial charge in [-0.3, -0.25) is 13.9 Å². The molecule has 0 saturated carbocycles. The van der Waals surface area contributed by atoms with Gasteiger partial charge in [0.25, 0.3) is 5.56 Å². The molecule has 0 unspecified atom stereocenters. The molecule has 0 aliphatic heterocycles. The van der Waals surface area contributed by atoms with Crippen LogP contribution >= 0.6 is 0 Å². The summed E-state index contributed by atoms with van der Waals surface area (Å²) < 4.78 is 6.99. The quantitative estimate of drug-likeness (QED) is 0.669. The molecule has 0 N–H and O–H groups in total. The number of hydrogen-bond acceptors (Lipinski definition) is 5. The van der Waals surface area contributed by atoms with Crippen LogP contribution in [-0.4, -0.2) is 27.2 Å². The Morgan fingerprint density at radius 3 is 2.42 bits per heavy atom. The minimum atomic E-state index is -0.644. The highest BCUT2D eigenvalue weighted by Gasteiger charge is 2.17. The fourth-order valence-corrected chi connectivity index (χ4v) is 2.67. The fourth-order valence-electron chi connectivity index (χ4n) is 2.67. The Morgan fingerprint density at radius 2 is 1.77 bits per heavy atom. The molecule has 2 heterocycles. The lowest BCUT2D eigenvalue weighted by atomic mass is 10.1. The number of pyridine rings is 1. The number of benzene rings is 1. The molecule has 26 heavy (non-hydrogen) atoms. The predicted octanol–water partition coefficient (Wildman–Crippen LogP) is 1.59. The summed E-state index contributed by atoms with van der Waals surface area (Å²) in [6, 6.07) is 11.0. The number of esters is 1. The van der Waals surface area contributed by atoms with Crippen molar-refractivity contribution in [1.29, 1.82) is 0 Å². The Bertz CT molecular complexity index is 1140. The zero-order chi connectivity index (χ0) is 18.8. The summed E-state index contributed by atoms with van der Waals surface area (Å²) in [6.45, 7) is 0. The average molecular weight is 351 g/mol. The van der Waals surface area contributed by atoms with Crippen molar-refractivity contribution >= 4 is 29.2 Å². The zero-order valence-electron chi connectivity index (χ0n) is 14.6. The van der Waals surface area contributed by atoms with Gasteiger partial charge >= 0.3 is 11.7 Å². The lowest BCUT2D eigenvalue weighted by Gasteiger charge is -2.10. The van der Waals surface area contributed by atoms with Crippen molar-refractivity contribution < 1.29 is 9.53 Å². The van der Waals surface area contributed by atoms with Crippen molar-refractivity contribution in [1.82, 2.24) is 14.1 Å². The van der Waals surface area contributed by atoms with E-state index in [4.69, 9.17) is 4.74 Å². The first kappa shape index (κ1) is 17.3. The van der Waals surface area contributed by atoms with E-state index < -0.39 is 17.2 Å². The van der Waals surface area contributed by atoms with Gasteiger partial charge in [0.2, 0.25) is 0 Å². The van der Waals surface area contributed by atoms with E-state index in [0.29, 0.717) is 5.56 Å². The van der Waals surface area contributed by atoms with Gasteiger partial charge in [-0.25, -0.2) is 14.6 Å². The summed E-state index contributed by atoms with van der Waals surface area (Å²) in [5.74, 6) is -0.644. The summed E-state index contributed by atoms with van der Waals surface area (Å²) in [7, 11) is 4.16. The first-order chi connectivity index (χ1) is 12.4. The Labute approximate surface area is 148 Å². The molecule has 0 spiro atoms. The summed E-state index contributed by atoms with van der Waals surface area (Å²) in [4.78, 5) is 41.0. The van der Waals surface area contributed by atoms with Crippen molar-refractivity contribution in [3.63, 3.8) is 0 Å². The lowest BCUT2D eigenvalue weighted by Crippen LogP contribution is -2.37. The van der Waals surface area contributed by atoms with Crippen LogP contribution in [-0.2, 0) is 18.8 Å². The molecule has 0 saturated heterocycles.